The van der Waals surface area contributed by atoms with Gasteiger partial charge in [0, 0.05) is 22.8 Å². The maximum absolute atomic E-state index is 13.2. The number of hydrogen-bond acceptors (Lipinski definition) is 2. The summed E-state index contributed by atoms with van der Waals surface area (Å²) in [5.41, 5.74) is 2.67. The monoisotopic (exact) mass is 347 g/mol. The molecule has 0 saturated carbocycles. The summed E-state index contributed by atoms with van der Waals surface area (Å²) in [6, 6.07) is 23.1. The van der Waals surface area contributed by atoms with E-state index in [0.29, 0.717) is 17.4 Å². The van der Waals surface area contributed by atoms with Crippen molar-refractivity contribution >= 4 is 27.2 Å². The summed E-state index contributed by atoms with van der Waals surface area (Å²) >= 11 is 0. The predicted octanol–water partition coefficient (Wildman–Crippen LogP) is 0.712. The molecule has 0 fully saturated rings. The maximum atomic E-state index is 13.2. The summed E-state index contributed by atoms with van der Waals surface area (Å²) < 4.78 is 1.71. The molecule has 3 aromatic carbocycles. The van der Waals surface area contributed by atoms with Gasteiger partial charge in [-0.2, -0.15) is 0 Å². The van der Waals surface area contributed by atoms with E-state index in [2.05, 4.69) is 0 Å². The number of para-hydroxylation sites is 2. The normalized spacial score (nSPS) is 11.2. The maximum Gasteiger partial charge on any atom is 1.00 e. The molecule has 0 bridgehead atoms. The number of aromatic nitrogens is 1. The van der Waals surface area contributed by atoms with Crippen molar-refractivity contribution in [2.24, 2.45) is 0 Å². The van der Waals surface area contributed by atoms with E-state index in [4.69, 9.17) is 0 Å². The van der Waals surface area contributed by atoms with Crippen molar-refractivity contribution in [2.75, 3.05) is 0 Å². The summed E-state index contributed by atoms with van der Waals surface area (Å²) in [6.45, 7) is 0. The van der Waals surface area contributed by atoms with E-state index in [1.165, 1.54) is 0 Å². The molecule has 0 radical (unpaired) electrons. The van der Waals surface area contributed by atoms with Crippen LogP contribution in [0.4, 0.5) is 0 Å². The molecule has 26 heavy (non-hydrogen) atoms. The van der Waals surface area contributed by atoms with E-state index >= 15 is 0 Å². The van der Waals surface area contributed by atoms with E-state index in [9.17, 15) is 9.90 Å². The van der Waals surface area contributed by atoms with E-state index in [-0.39, 0.29) is 40.9 Å². The Labute approximate surface area is 172 Å². The van der Waals surface area contributed by atoms with Crippen LogP contribution < -0.4 is 40.2 Å². The Kier molecular flexibility index (Phi) is 4.23. The summed E-state index contributed by atoms with van der Waals surface area (Å²) in [6.07, 6.45) is 0.348. The van der Waals surface area contributed by atoms with Crippen LogP contribution in [0.15, 0.2) is 77.6 Å². The predicted molar refractivity (Wildman–Crippen MR) is 98.6 cm³/mol. The third kappa shape index (κ3) is 2.36. The molecule has 0 aliphatic rings. The number of hydrogen-bond donors (Lipinski definition) is 0. The fourth-order valence-corrected chi connectivity index (χ4v) is 3.76. The third-order valence-corrected chi connectivity index (χ3v) is 4.90. The smallest absolute Gasteiger partial charge is 0.872 e. The summed E-state index contributed by atoms with van der Waals surface area (Å²) in [5, 5.41) is 15.6. The zero-order chi connectivity index (χ0) is 17.0. The molecular formula is C22H14NNaO2. The molecule has 0 N–H and O–H groups in total. The van der Waals surface area contributed by atoms with Gasteiger partial charge in [-0.15, -0.1) is 0 Å². The molecule has 0 unspecified atom stereocenters. The van der Waals surface area contributed by atoms with Crippen molar-refractivity contribution in [3.63, 3.8) is 0 Å². The first kappa shape index (κ1) is 17.1. The van der Waals surface area contributed by atoms with Gasteiger partial charge in [0.25, 0.3) is 5.56 Å². The van der Waals surface area contributed by atoms with E-state index in [1.807, 2.05) is 72.8 Å². The molecule has 4 heteroatoms. The average molecular weight is 347 g/mol. The summed E-state index contributed by atoms with van der Waals surface area (Å²) in [7, 11) is 0. The fraction of sp³-hybridized carbons (Fsp3) is 0.0455. The Hall–Kier alpha value is -2.33. The summed E-state index contributed by atoms with van der Waals surface area (Å²) in [5.74, 6) is -0.158. The van der Waals surface area contributed by atoms with Gasteiger partial charge in [-0.3, -0.25) is 9.20 Å². The van der Waals surface area contributed by atoms with Gasteiger partial charge in [0.1, 0.15) is 0 Å². The van der Waals surface area contributed by atoms with Crippen molar-refractivity contribution in [1.29, 1.82) is 0 Å². The zero-order valence-corrected chi connectivity index (χ0v) is 16.4. The van der Waals surface area contributed by atoms with Gasteiger partial charge in [0.05, 0.1) is 11.0 Å². The molecule has 0 spiro atoms. The van der Waals surface area contributed by atoms with Gasteiger partial charge < -0.3 is 5.11 Å². The molecule has 2 aromatic heterocycles. The number of rotatable bonds is 2. The van der Waals surface area contributed by atoms with Crippen LogP contribution in [0, 0.1) is 0 Å². The molecule has 2 heterocycles. The van der Waals surface area contributed by atoms with Crippen molar-refractivity contribution in [3.05, 3.63) is 94.3 Å². The second-order valence-corrected chi connectivity index (χ2v) is 6.33. The molecule has 0 atom stereocenters. The van der Waals surface area contributed by atoms with Crippen LogP contribution in [-0.4, -0.2) is 4.40 Å². The van der Waals surface area contributed by atoms with Crippen molar-refractivity contribution in [3.8, 4) is 5.75 Å². The SMILES string of the molecule is O=c1c(Cc2ccccc2)c([O-])c2cccc3c4ccccc4n1c23.[Na+]. The molecular weight excluding hydrogens is 333 g/mol. The first-order valence-corrected chi connectivity index (χ1v) is 8.27. The van der Waals surface area contributed by atoms with Crippen LogP contribution in [0.3, 0.4) is 0 Å². The third-order valence-electron chi connectivity index (χ3n) is 4.90. The Morgan fingerprint density at radius 1 is 0.769 bits per heavy atom. The number of benzene rings is 3. The van der Waals surface area contributed by atoms with Crippen LogP contribution in [0.1, 0.15) is 11.1 Å². The van der Waals surface area contributed by atoms with Crippen LogP contribution in [0.25, 0.3) is 27.2 Å². The van der Waals surface area contributed by atoms with Crippen LogP contribution in [0.5, 0.6) is 5.75 Å². The molecule has 120 valence electrons. The van der Waals surface area contributed by atoms with Crippen molar-refractivity contribution in [2.45, 2.75) is 6.42 Å². The Bertz CT molecular complexity index is 1290. The minimum Gasteiger partial charge on any atom is -0.872 e. The molecule has 0 aliphatic carbocycles. The first-order valence-electron chi connectivity index (χ1n) is 8.27. The minimum absolute atomic E-state index is 0. The second kappa shape index (κ2) is 6.44. The van der Waals surface area contributed by atoms with Crippen LogP contribution in [0.2, 0.25) is 0 Å². The first-order chi connectivity index (χ1) is 12.3. The van der Waals surface area contributed by atoms with E-state index in [1.54, 1.807) is 4.40 Å². The van der Waals surface area contributed by atoms with E-state index in [0.717, 1.165) is 27.4 Å². The summed E-state index contributed by atoms with van der Waals surface area (Å²) in [4.78, 5) is 13.2. The van der Waals surface area contributed by atoms with Crippen LogP contribution >= 0.6 is 0 Å². The number of pyridine rings is 1. The van der Waals surface area contributed by atoms with Crippen molar-refractivity contribution < 1.29 is 34.7 Å². The van der Waals surface area contributed by atoms with E-state index < -0.39 is 0 Å². The minimum atomic E-state index is -0.209. The number of fused-ring (bicyclic) bond motifs is 3. The molecule has 3 nitrogen and oxygen atoms in total. The topological polar surface area (TPSA) is 44.5 Å². The molecule has 0 aliphatic heterocycles. The number of nitrogens with zero attached hydrogens (tertiary/aromatic N) is 1. The molecule has 5 aromatic rings. The zero-order valence-electron chi connectivity index (χ0n) is 14.4. The van der Waals surface area contributed by atoms with Crippen molar-refractivity contribution in [1.82, 2.24) is 4.40 Å². The fourth-order valence-electron chi connectivity index (χ4n) is 3.76. The van der Waals surface area contributed by atoms with Gasteiger partial charge in [0.2, 0.25) is 0 Å². The average Bonchev–Trinajstić information content (AvgIpc) is 3.00. The molecule has 5 rings (SSSR count). The Morgan fingerprint density at radius 2 is 1.42 bits per heavy atom. The van der Waals surface area contributed by atoms with Gasteiger partial charge in [-0.1, -0.05) is 72.5 Å². The standard InChI is InChI=1S/C22H15NO2.Na/c24-21-17-11-6-10-16-15-9-4-5-12-19(15)23(20(16)17)22(25)18(21)13-14-7-2-1-3-8-14;/h1-12,24H,13H2;/q;+1/p-1. The molecule has 0 saturated heterocycles. The van der Waals surface area contributed by atoms with Gasteiger partial charge >= 0.3 is 29.6 Å². The largest absolute Gasteiger partial charge is 1.00 e. The Morgan fingerprint density at radius 3 is 2.23 bits per heavy atom. The second-order valence-electron chi connectivity index (χ2n) is 6.33. The van der Waals surface area contributed by atoms with Crippen LogP contribution in [-0.2, 0) is 6.42 Å². The Balaban J connectivity index is 0.00000168. The van der Waals surface area contributed by atoms with Gasteiger partial charge in [-0.05, 0) is 17.0 Å². The van der Waals surface area contributed by atoms with Gasteiger partial charge in [0.15, 0.2) is 0 Å². The quantitative estimate of drug-likeness (QED) is 0.442. The molecule has 0 amide bonds. The van der Waals surface area contributed by atoms with Gasteiger partial charge in [-0.25, -0.2) is 0 Å².